The summed E-state index contributed by atoms with van der Waals surface area (Å²) in [7, 11) is 0. The summed E-state index contributed by atoms with van der Waals surface area (Å²) in [6, 6.07) is 18.4. The quantitative estimate of drug-likeness (QED) is 0.715. The molecule has 0 saturated heterocycles. The zero-order valence-corrected chi connectivity index (χ0v) is 12.0. The summed E-state index contributed by atoms with van der Waals surface area (Å²) in [5, 5.41) is 0. The van der Waals surface area contributed by atoms with Crippen LogP contribution in [-0.2, 0) is 0 Å². The molecule has 0 aliphatic heterocycles. The summed E-state index contributed by atoms with van der Waals surface area (Å²) < 4.78 is 0. The first-order valence-corrected chi connectivity index (χ1v) is 7.77. The average molecular weight is 274 g/mol. The molecule has 104 valence electrons. The largest absolute Gasteiger partial charge is 0.293 e. The van der Waals surface area contributed by atoms with Gasteiger partial charge >= 0.3 is 0 Å². The van der Waals surface area contributed by atoms with Crippen molar-refractivity contribution < 1.29 is 4.79 Å². The molecule has 2 aromatic rings. The lowest BCUT2D eigenvalue weighted by Crippen LogP contribution is -2.07. The molecule has 0 N–H and O–H groups in total. The normalized spacial score (nSPS) is 21.0. The number of Topliss-reactive ketones (excluding diaryl/α,β-unsaturated/α-hetero) is 1. The molecule has 0 spiro atoms. The van der Waals surface area contributed by atoms with Crippen LogP contribution in [0.25, 0.3) is 5.57 Å². The van der Waals surface area contributed by atoms with E-state index in [1.54, 1.807) is 0 Å². The molecule has 21 heavy (non-hydrogen) atoms. The van der Waals surface area contributed by atoms with Gasteiger partial charge in [0, 0.05) is 5.56 Å². The minimum absolute atomic E-state index is 0.0864. The maximum absolute atomic E-state index is 12.9. The van der Waals surface area contributed by atoms with Gasteiger partial charge in [0.1, 0.15) is 0 Å². The minimum Gasteiger partial charge on any atom is -0.293 e. The van der Waals surface area contributed by atoms with Gasteiger partial charge in [-0.05, 0) is 42.4 Å². The number of hydrogen-bond acceptors (Lipinski definition) is 1. The van der Waals surface area contributed by atoms with Crippen LogP contribution in [0.2, 0.25) is 0 Å². The Labute approximate surface area is 125 Å². The van der Waals surface area contributed by atoms with E-state index in [0.717, 1.165) is 24.0 Å². The van der Waals surface area contributed by atoms with Crippen molar-refractivity contribution in [2.24, 2.45) is 0 Å². The third-order valence-electron chi connectivity index (χ3n) is 4.75. The van der Waals surface area contributed by atoms with Crippen LogP contribution in [0, 0.1) is 0 Å². The van der Waals surface area contributed by atoms with Gasteiger partial charge in [-0.25, -0.2) is 0 Å². The third kappa shape index (κ3) is 1.96. The number of rotatable bonds is 1. The van der Waals surface area contributed by atoms with Gasteiger partial charge in [0.15, 0.2) is 5.78 Å². The van der Waals surface area contributed by atoms with E-state index in [1.807, 2.05) is 30.3 Å². The van der Waals surface area contributed by atoms with E-state index < -0.39 is 0 Å². The van der Waals surface area contributed by atoms with Crippen LogP contribution >= 0.6 is 0 Å². The van der Waals surface area contributed by atoms with Gasteiger partial charge in [-0.2, -0.15) is 0 Å². The van der Waals surface area contributed by atoms with E-state index in [1.165, 1.54) is 29.6 Å². The lowest BCUT2D eigenvalue weighted by atomic mass is 9.87. The van der Waals surface area contributed by atoms with E-state index in [9.17, 15) is 4.79 Å². The van der Waals surface area contributed by atoms with Crippen LogP contribution < -0.4 is 0 Å². The van der Waals surface area contributed by atoms with E-state index >= 15 is 0 Å². The third-order valence-corrected chi connectivity index (χ3v) is 4.75. The van der Waals surface area contributed by atoms with Crippen LogP contribution in [0.5, 0.6) is 0 Å². The van der Waals surface area contributed by atoms with E-state index in [4.69, 9.17) is 0 Å². The summed E-state index contributed by atoms with van der Waals surface area (Å²) in [5.74, 6) is 0.183. The summed E-state index contributed by atoms with van der Waals surface area (Å²) in [6.45, 7) is 0. The van der Waals surface area contributed by atoms with Crippen LogP contribution in [0.1, 0.15) is 53.1 Å². The van der Waals surface area contributed by atoms with Gasteiger partial charge in [0.2, 0.25) is 0 Å². The number of fused-ring (bicyclic) bond motifs is 1. The molecule has 1 unspecified atom stereocenters. The average Bonchev–Trinajstić information content (AvgIpc) is 3.15. The number of allylic oxidation sites excluding steroid dienone is 2. The first-order chi connectivity index (χ1) is 10.4. The summed E-state index contributed by atoms with van der Waals surface area (Å²) in [6.07, 6.45) is 4.83. The first-order valence-electron chi connectivity index (χ1n) is 7.77. The summed E-state index contributed by atoms with van der Waals surface area (Å²) >= 11 is 0. The molecule has 2 aliphatic carbocycles. The fourth-order valence-electron chi connectivity index (χ4n) is 3.80. The van der Waals surface area contributed by atoms with Gasteiger partial charge in [0.05, 0.1) is 5.92 Å². The molecule has 0 aromatic heterocycles. The fraction of sp³-hybridized carbons (Fsp3) is 0.250. The molecule has 1 nitrogen and oxygen atoms in total. The maximum atomic E-state index is 12.9. The van der Waals surface area contributed by atoms with Crippen molar-refractivity contribution in [3.05, 3.63) is 76.9 Å². The second-order valence-electron chi connectivity index (χ2n) is 5.98. The smallest absolute Gasteiger partial charge is 0.175 e. The zero-order valence-electron chi connectivity index (χ0n) is 12.0. The Hall–Kier alpha value is -2.15. The fourth-order valence-corrected chi connectivity index (χ4v) is 3.80. The van der Waals surface area contributed by atoms with Crippen molar-refractivity contribution in [2.45, 2.75) is 31.6 Å². The van der Waals surface area contributed by atoms with Crippen molar-refractivity contribution in [3.8, 4) is 0 Å². The van der Waals surface area contributed by atoms with Gasteiger partial charge in [0.25, 0.3) is 0 Å². The molecule has 2 aromatic carbocycles. The standard InChI is InChI=1S/C20H18O/c21-20-17-13-7-6-12-16(17)18(14-10-4-5-11-14)19(20)15-8-2-1-3-9-15/h1-3,6-9,12-13,19H,4-5,10-11H2. The van der Waals surface area contributed by atoms with Crippen molar-refractivity contribution in [1.29, 1.82) is 0 Å². The Balaban J connectivity index is 1.94. The van der Waals surface area contributed by atoms with E-state index in [2.05, 4.69) is 24.3 Å². The Kier molecular flexibility index (Phi) is 2.99. The molecule has 0 bridgehead atoms. The molecular formula is C20H18O. The van der Waals surface area contributed by atoms with Crippen molar-refractivity contribution in [2.75, 3.05) is 0 Å². The van der Waals surface area contributed by atoms with Crippen LogP contribution in [0.3, 0.4) is 0 Å². The van der Waals surface area contributed by atoms with Crippen LogP contribution in [0.15, 0.2) is 60.2 Å². The Morgan fingerprint density at radius 3 is 2.10 bits per heavy atom. The summed E-state index contributed by atoms with van der Waals surface area (Å²) in [5.41, 5.74) is 6.02. The molecular weight excluding hydrogens is 256 g/mol. The van der Waals surface area contributed by atoms with Crippen molar-refractivity contribution in [1.82, 2.24) is 0 Å². The number of hydrogen-bond donors (Lipinski definition) is 0. The van der Waals surface area contributed by atoms with Gasteiger partial charge in [-0.1, -0.05) is 60.2 Å². The van der Waals surface area contributed by atoms with Gasteiger partial charge in [-0.3, -0.25) is 4.79 Å². The molecule has 1 atom stereocenters. The topological polar surface area (TPSA) is 17.1 Å². The van der Waals surface area contributed by atoms with Crippen molar-refractivity contribution in [3.63, 3.8) is 0 Å². The molecule has 0 radical (unpaired) electrons. The second-order valence-corrected chi connectivity index (χ2v) is 5.98. The number of benzene rings is 2. The Bertz CT molecular complexity index is 717. The van der Waals surface area contributed by atoms with E-state index in [-0.39, 0.29) is 11.7 Å². The predicted octanol–water partition coefficient (Wildman–Crippen LogP) is 4.99. The number of carbonyl (C=O) groups excluding carboxylic acids is 1. The van der Waals surface area contributed by atoms with Crippen molar-refractivity contribution >= 4 is 11.4 Å². The predicted molar refractivity (Wildman–Crippen MR) is 85.3 cm³/mol. The molecule has 4 rings (SSSR count). The van der Waals surface area contributed by atoms with Gasteiger partial charge < -0.3 is 0 Å². The highest BCUT2D eigenvalue weighted by atomic mass is 16.1. The lowest BCUT2D eigenvalue weighted by Gasteiger charge is -2.15. The summed E-state index contributed by atoms with van der Waals surface area (Å²) in [4.78, 5) is 12.9. The second kappa shape index (κ2) is 5.00. The SMILES string of the molecule is O=C1c2ccccc2C(=C2CCCC2)C1c1ccccc1. The van der Waals surface area contributed by atoms with Crippen LogP contribution in [0.4, 0.5) is 0 Å². The number of carbonyl (C=O) groups is 1. The van der Waals surface area contributed by atoms with Gasteiger partial charge in [-0.15, -0.1) is 0 Å². The van der Waals surface area contributed by atoms with Crippen LogP contribution in [-0.4, -0.2) is 5.78 Å². The van der Waals surface area contributed by atoms with E-state index in [0.29, 0.717) is 0 Å². The molecule has 1 saturated carbocycles. The molecule has 1 heteroatoms. The molecule has 2 aliphatic rings. The Morgan fingerprint density at radius 1 is 0.762 bits per heavy atom. The first kappa shape index (κ1) is 12.6. The lowest BCUT2D eigenvalue weighted by molar-refractivity contribution is 0.0986. The minimum atomic E-state index is -0.0864. The maximum Gasteiger partial charge on any atom is 0.175 e. The highest BCUT2D eigenvalue weighted by Gasteiger charge is 2.37. The number of ketones is 1. The highest BCUT2D eigenvalue weighted by molar-refractivity contribution is 6.17. The monoisotopic (exact) mass is 274 g/mol. The molecule has 1 fully saturated rings. The Morgan fingerprint density at radius 2 is 1.38 bits per heavy atom. The molecule has 0 heterocycles. The highest BCUT2D eigenvalue weighted by Crippen LogP contribution is 2.47. The zero-order chi connectivity index (χ0) is 14.2. The molecule has 0 amide bonds.